The van der Waals surface area contributed by atoms with Crippen molar-refractivity contribution in [3.8, 4) is 0 Å². The Hall–Kier alpha value is -2.32. The van der Waals surface area contributed by atoms with Crippen LogP contribution in [0.2, 0.25) is 0 Å². The van der Waals surface area contributed by atoms with Gasteiger partial charge in [-0.3, -0.25) is 4.72 Å². The maximum absolute atomic E-state index is 11.7. The van der Waals surface area contributed by atoms with Gasteiger partial charge < -0.3 is 10.2 Å². The largest absolute Gasteiger partial charge is 0.378 e. The Morgan fingerprint density at radius 2 is 1.52 bits per heavy atom. The van der Waals surface area contributed by atoms with E-state index >= 15 is 0 Å². The number of nitrogens with zero attached hydrogens (tertiary/aromatic N) is 3. The quantitative estimate of drug-likeness (QED) is 0.845. The minimum atomic E-state index is -3.54. The topological polar surface area (TPSA) is 77.6 Å². The molecule has 0 aliphatic heterocycles. The van der Waals surface area contributed by atoms with Gasteiger partial charge >= 0.3 is 10.2 Å². The second kappa shape index (κ2) is 6.84. The Morgan fingerprint density at radius 3 is 2.00 bits per heavy atom. The van der Waals surface area contributed by atoms with Crippen LogP contribution in [-0.2, 0) is 10.2 Å². The summed E-state index contributed by atoms with van der Waals surface area (Å²) in [7, 11) is 3.34. The summed E-state index contributed by atoms with van der Waals surface area (Å²) in [4.78, 5) is 6.13. The Kier molecular flexibility index (Phi) is 5.07. The molecule has 0 saturated heterocycles. The molecular weight excluding hydrogens is 314 g/mol. The number of anilines is 4. The lowest BCUT2D eigenvalue weighted by Crippen LogP contribution is -2.29. The maximum atomic E-state index is 11.7. The zero-order chi connectivity index (χ0) is 17.0. The minimum absolute atomic E-state index is 0.271. The van der Waals surface area contributed by atoms with E-state index in [4.69, 9.17) is 0 Å². The van der Waals surface area contributed by atoms with Gasteiger partial charge in [-0.05, 0) is 36.4 Å². The van der Waals surface area contributed by atoms with Crippen LogP contribution in [0.5, 0.6) is 0 Å². The molecule has 2 rings (SSSR count). The van der Waals surface area contributed by atoms with Crippen LogP contribution in [0.25, 0.3) is 0 Å². The molecule has 0 fully saturated rings. The highest BCUT2D eigenvalue weighted by Crippen LogP contribution is 2.20. The van der Waals surface area contributed by atoms with E-state index in [1.54, 1.807) is 18.3 Å². The number of aromatic nitrogens is 1. The smallest absolute Gasteiger partial charge is 0.302 e. The van der Waals surface area contributed by atoms with Crippen molar-refractivity contribution < 1.29 is 8.42 Å². The van der Waals surface area contributed by atoms with Crippen LogP contribution in [0.1, 0.15) is 0 Å². The molecule has 0 atom stereocenters. The molecule has 7 nitrogen and oxygen atoms in total. The van der Waals surface area contributed by atoms with E-state index in [0.717, 1.165) is 21.4 Å². The molecule has 0 aliphatic carbocycles. The monoisotopic (exact) mass is 335 g/mol. The molecule has 2 aromatic rings. The molecule has 0 bridgehead atoms. The number of nitrogens with one attached hydrogen (secondary N) is 2. The van der Waals surface area contributed by atoms with Crippen LogP contribution in [0, 0.1) is 0 Å². The van der Waals surface area contributed by atoms with E-state index in [0.29, 0.717) is 0 Å². The van der Waals surface area contributed by atoms with Crippen molar-refractivity contribution in [3.63, 3.8) is 0 Å². The normalized spacial score (nSPS) is 11.3. The van der Waals surface area contributed by atoms with Crippen LogP contribution >= 0.6 is 0 Å². The van der Waals surface area contributed by atoms with Gasteiger partial charge in [0.2, 0.25) is 0 Å². The first-order valence-corrected chi connectivity index (χ1v) is 8.43. The predicted molar refractivity (Wildman–Crippen MR) is 94.5 cm³/mol. The van der Waals surface area contributed by atoms with Crippen LogP contribution in [-0.4, -0.2) is 45.9 Å². The molecule has 2 N–H and O–H groups in total. The molecule has 0 spiro atoms. The number of pyridine rings is 1. The van der Waals surface area contributed by atoms with Crippen molar-refractivity contribution >= 4 is 33.1 Å². The Bertz CT molecular complexity index is 740. The average Bonchev–Trinajstić information content (AvgIpc) is 2.49. The molecule has 1 aromatic carbocycles. The highest BCUT2D eigenvalue weighted by Gasteiger charge is 2.13. The average molecular weight is 335 g/mol. The fourth-order valence-electron chi connectivity index (χ4n) is 1.76. The van der Waals surface area contributed by atoms with Gasteiger partial charge in [-0.1, -0.05) is 0 Å². The first kappa shape index (κ1) is 17.0. The summed E-state index contributed by atoms with van der Waals surface area (Å²) >= 11 is 0. The molecule has 0 saturated carbocycles. The van der Waals surface area contributed by atoms with Crippen molar-refractivity contribution in [1.82, 2.24) is 9.29 Å². The number of benzene rings is 1. The summed E-state index contributed by atoms with van der Waals surface area (Å²) in [5, 5.41) is 3.21. The number of rotatable bonds is 6. The molecule has 124 valence electrons. The molecule has 0 aliphatic rings. The summed E-state index contributed by atoms with van der Waals surface area (Å²) in [5.74, 6) is 0.271. The van der Waals surface area contributed by atoms with Gasteiger partial charge in [0.1, 0.15) is 5.82 Å². The third-order valence-corrected chi connectivity index (χ3v) is 4.58. The van der Waals surface area contributed by atoms with E-state index in [1.807, 2.05) is 43.3 Å². The number of hydrogen-bond donors (Lipinski definition) is 2. The summed E-state index contributed by atoms with van der Waals surface area (Å²) < 4.78 is 26.9. The summed E-state index contributed by atoms with van der Waals surface area (Å²) in [6.45, 7) is 0. The number of hydrogen-bond acceptors (Lipinski definition) is 5. The molecule has 1 heterocycles. The molecule has 0 amide bonds. The van der Waals surface area contributed by atoms with Gasteiger partial charge in [-0.2, -0.15) is 12.7 Å². The van der Waals surface area contributed by atoms with Gasteiger partial charge in [-0.25, -0.2) is 4.98 Å². The lowest BCUT2D eigenvalue weighted by Gasteiger charge is -2.14. The third kappa shape index (κ3) is 4.57. The van der Waals surface area contributed by atoms with Crippen molar-refractivity contribution in [2.45, 2.75) is 0 Å². The Labute approximate surface area is 137 Å². The van der Waals surface area contributed by atoms with Gasteiger partial charge in [-0.15, -0.1) is 0 Å². The van der Waals surface area contributed by atoms with Crippen LogP contribution in [0.15, 0.2) is 42.6 Å². The van der Waals surface area contributed by atoms with Crippen molar-refractivity contribution in [2.24, 2.45) is 0 Å². The fraction of sp³-hybridized carbons (Fsp3) is 0.267. The maximum Gasteiger partial charge on any atom is 0.302 e. The van der Waals surface area contributed by atoms with Gasteiger partial charge in [0.15, 0.2) is 0 Å². The molecule has 0 unspecified atom stereocenters. The molecule has 0 radical (unpaired) electrons. The van der Waals surface area contributed by atoms with Crippen molar-refractivity contribution in [1.29, 1.82) is 0 Å². The van der Waals surface area contributed by atoms with E-state index < -0.39 is 10.2 Å². The zero-order valence-electron chi connectivity index (χ0n) is 13.6. The second-order valence-corrected chi connectivity index (χ2v) is 7.27. The fourth-order valence-corrected chi connectivity index (χ4v) is 2.33. The van der Waals surface area contributed by atoms with Crippen molar-refractivity contribution in [2.75, 3.05) is 43.1 Å². The van der Waals surface area contributed by atoms with Gasteiger partial charge in [0, 0.05) is 39.6 Å². The molecule has 1 aromatic heterocycles. The first-order chi connectivity index (χ1) is 10.8. The highest BCUT2D eigenvalue weighted by molar-refractivity contribution is 7.90. The van der Waals surface area contributed by atoms with Gasteiger partial charge in [0.05, 0.1) is 11.9 Å². The molecule has 23 heavy (non-hydrogen) atoms. The van der Waals surface area contributed by atoms with Crippen LogP contribution < -0.4 is 14.9 Å². The lowest BCUT2D eigenvalue weighted by atomic mass is 10.2. The minimum Gasteiger partial charge on any atom is -0.378 e. The summed E-state index contributed by atoms with van der Waals surface area (Å²) in [5.41, 5.74) is 2.82. The van der Waals surface area contributed by atoms with E-state index in [-0.39, 0.29) is 5.82 Å². The summed E-state index contributed by atoms with van der Waals surface area (Å²) in [6, 6.07) is 11.3. The predicted octanol–water partition coefficient (Wildman–Crippen LogP) is 2.11. The highest BCUT2D eigenvalue weighted by atomic mass is 32.2. The van der Waals surface area contributed by atoms with E-state index in [2.05, 4.69) is 15.0 Å². The molecular formula is C15H21N5O2S. The van der Waals surface area contributed by atoms with Crippen LogP contribution in [0.3, 0.4) is 0 Å². The van der Waals surface area contributed by atoms with Crippen LogP contribution in [0.4, 0.5) is 22.9 Å². The third-order valence-electron chi connectivity index (χ3n) is 3.15. The second-order valence-electron chi connectivity index (χ2n) is 5.39. The van der Waals surface area contributed by atoms with Crippen molar-refractivity contribution in [3.05, 3.63) is 42.6 Å². The summed E-state index contributed by atoms with van der Waals surface area (Å²) in [6.07, 6.45) is 1.58. The Morgan fingerprint density at radius 1 is 0.913 bits per heavy atom. The zero-order valence-corrected chi connectivity index (χ0v) is 14.4. The van der Waals surface area contributed by atoms with E-state index in [9.17, 15) is 8.42 Å². The van der Waals surface area contributed by atoms with Gasteiger partial charge in [0.25, 0.3) is 0 Å². The SMILES string of the molecule is CN(C)c1ccc(Nc2ccc(NS(=O)(=O)N(C)C)nc2)cc1. The Balaban J connectivity index is 2.05. The standard InChI is InChI=1S/C15H21N5O2S/c1-19(2)14-8-5-12(6-9-14)17-13-7-10-15(16-11-13)18-23(21,22)20(3)4/h5-11,17H,1-4H3,(H,16,18). The van der Waals surface area contributed by atoms with E-state index in [1.165, 1.54) is 14.1 Å². The first-order valence-electron chi connectivity index (χ1n) is 6.99. The lowest BCUT2D eigenvalue weighted by molar-refractivity contribution is 0.526. The molecule has 8 heteroatoms.